The molecule has 2 aliphatic heterocycles. The van der Waals surface area contributed by atoms with Gasteiger partial charge in [-0.3, -0.25) is 19.7 Å². The van der Waals surface area contributed by atoms with Gasteiger partial charge in [-0.1, -0.05) is 0 Å². The van der Waals surface area contributed by atoms with Gasteiger partial charge in [0.2, 0.25) is 11.8 Å². The van der Waals surface area contributed by atoms with Gasteiger partial charge in [0.05, 0.1) is 0 Å². The van der Waals surface area contributed by atoms with Gasteiger partial charge in [-0.2, -0.15) is 0 Å². The summed E-state index contributed by atoms with van der Waals surface area (Å²) in [4.78, 5) is 37.0. The van der Waals surface area contributed by atoms with Crippen LogP contribution in [0.15, 0.2) is 18.2 Å². The van der Waals surface area contributed by atoms with E-state index in [1.807, 2.05) is 19.2 Å². The molecular weight excluding hydrogens is 258 g/mol. The first kappa shape index (κ1) is 12.7. The number of fused-ring (bicyclic) bond motifs is 1. The van der Waals surface area contributed by atoms with Crippen molar-refractivity contribution < 1.29 is 14.4 Å². The maximum atomic E-state index is 12.4. The third-order valence-electron chi connectivity index (χ3n) is 3.81. The van der Waals surface area contributed by atoms with Crippen LogP contribution in [0.3, 0.4) is 0 Å². The van der Waals surface area contributed by atoms with Crippen molar-refractivity contribution in [2.75, 3.05) is 12.4 Å². The Morgan fingerprint density at radius 3 is 2.80 bits per heavy atom. The molecule has 0 saturated carbocycles. The van der Waals surface area contributed by atoms with Gasteiger partial charge >= 0.3 is 0 Å². The molecule has 6 heteroatoms. The SMILES string of the molecule is CNc1ccc2c(c1)CN([C@@H]1CCC(=O)NC1=O)C2=O. The molecule has 0 aromatic heterocycles. The second kappa shape index (κ2) is 4.63. The van der Waals surface area contributed by atoms with Crippen LogP contribution in [0.2, 0.25) is 0 Å². The predicted octanol–water partition coefficient (Wildman–Crippen LogP) is 0.489. The lowest BCUT2D eigenvalue weighted by Crippen LogP contribution is -2.52. The van der Waals surface area contributed by atoms with E-state index in [1.165, 1.54) is 0 Å². The van der Waals surface area contributed by atoms with E-state index >= 15 is 0 Å². The highest BCUT2D eigenvalue weighted by Crippen LogP contribution is 2.29. The average molecular weight is 273 g/mol. The summed E-state index contributed by atoms with van der Waals surface area (Å²) in [5, 5.41) is 5.32. The Balaban J connectivity index is 1.86. The summed E-state index contributed by atoms with van der Waals surface area (Å²) in [5.74, 6) is -0.790. The second-order valence-corrected chi connectivity index (χ2v) is 5.02. The number of hydrogen-bond donors (Lipinski definition) is 2. The highest BCUT2D eigenvalue weighted by molar-refractivity contribution is 6.05. The van der Waals surface area contributed by atoms with Gasteiger partial charge in [0.15, 0.2) is 0 Å². The number of nitrogens with zero attached hydrogens (tertiary/aromatic N) is 1. The van der Waals surface area contributed by atoms with Crippen molar-refractivity contribution in [2.45, 2.75) is 25.4 Å². The number of nitrogens with one attached hydrogen (secondary N) is 2. The van der Waals surface area contributed by atoms with Crippen LogP contribution in [0.1, 0.15) is 28.8 Å². The average Bonchev–Trinajstić information content (AvgIpc) is 2.75. The minimum absolute atomic E-state index is 0.142. The third-order valence-corrected chi connectivity index (χ3v) is 3.81. The van der Waals surface area contributed by atoms with Crippen LogP contribution in [0.25, 0.3) is 0 Å². The summed E-state index contributed by atoms with van der Waals surface area (Å²) < 4.78 is 0. The van der Waals surface area contributed by atoms with E-state index in [9.17, 15) is 14.4 Å². The van der Waals surface area contributed by atoms with Crippen LogP contribution in [0, 0.1) is 0 Å². The molecule has 1 aromatic carbocycles. The van der Waals surface area contributed by atoms with Crippen LogP contribution >= 0.6 is 0 Å². The van der Waals surface area contributed by atoms with Gasteiger partial charge in [0.25, 0.3) is 5.91 Å². The number of piperidine rings is 1. The first-order valence-corrected chi connectivity index (χ1v) is 6.55. The van der Waals surface area contributed by atoms with Crippen molar-refractivity contribution in [1.29, 1.82) is 0 Å². The van der Waals surface area contributed by atoms with E-state index in [2.05, 4.69) is 10.6 Å². The number of anilines is 1. The summed E-state index contributed by atoms with van der Waals surface area (Å²) in [6.07, 6.45) is 0.668. The first-order chi connectivity index (χ1) is 9.60. The quantitative estimate of drug-likeness (QED) is 0.769. The van der Waals surface area contributed by atoms with Crippen molar-refractivity contribution in [1.82, 2.24) is 10.2 Å². The zero-order chi connectivity index (χ0) is 14.3. The first-order valence-electron chi connectivity index (χ1n) is 6.55. The summed E-state index contributed by atoms with van der Waals surface area (Å²) in [5.41, 5.74) is 2.47. The van der Waals surface area contributed by atoms with Crippen molar-refractivity contribution in [3.05, 3.63) is 29.3 Å². The van der Waals surface area contributed by atoms with Gasteiger partial charge in [-0.05, 0) is 30.2 Å². The molecule has 1 atom stereocenters. The Hall–Kier alpha value is -2.37. The number of hydrogen-bond acceptors (Lipinski definition) is 4. The Morgan fingerprint density at radius 1 is 1.30 bits per heavy atom. The minimum atomic E-state index is -0.550. The Labute approximate surface area is 116 Å². The van der Waals surface area contributed by atoms with Crippen molar-refractivity contribution in [3.63, 3.8) is 0 Å². The van der Waals surface area contributed by atoms with E-state index in [4.69, 9.17) is 0 Å². The van der Waals surface area contributed by atoms with E-state index in [0.717, 1.165) is 11.3 Å². The number of imide groups is 1. The Bertz CT molecular complexity index is 612. The predicted molar refractivity (Wildman–Crippen MR) is 72.0 cm³/mol. The standard InChI is InChI=1S/C14H15N3O3/c1-15-9-2-3-10-8(6-9)7-17(14(10)20)11-4-5-12(18)16-13(11)19/h2-3,6,11,15H,4-5,7H2,1H3,(H,16,18,19)/t11-/m1/s1. The normalized spacial score (nSPS) is 21.8. The van der Waals surface area contributed by atoms with E-state index in [0.29, 0.717) is 18.5 Å². The molecule has 20 heavy (non-hydrogen) atoms. The fourth-order valence-electron chi connectivity index (χ4n) is 2.73. The van der Waals surface area contributed by atoms with E-state index < -0.39 is 6.04 Å². The third kappa shape index (κ3) is 1.93. The summed E-state index contributed by atoms with van der Waals surface area (Å²) in [7, 11) is 1.82. The molecule has 1 fully saturated rings. The molecule has 0 bridgehead atoms. The molecule has 6 nitrogen and oxygen atoms in total. The Morgan fingerprint density at radius 2 is 2.10 bits per heavy atom. The molecule has 0 spiro atoms. The fourth-order valence-corrected chi connectivity index (χ4v) is 2.73. The summed E-state index contributed by atoms with van der Waals surface area (Å²) in [6.45, 7) is 0.413. The van der Waals surface area contributed by atoms with Crippen molar-refractivity contribution in [2.24, 2.45) is 0 Å². The number of rotatable bonds is 2. The number of amides is 3. The molecule has 2 N–H and O–H groups in total. The Kier molecular flexibility index (Phi) is 2.93. The molecular formula is C14H15N3O3. The lowest BCUT2D eigenvalue weighted by molar-refractivity contribution is -0.136. The van der Waals surface area contributed by atoms with Crippen LogP contribution < -0.4 is 10.6 Å². The monoisotopic (exact) mass is 273 g/mol. The molecule has 2 aliphatic rings. The molecule has 0 aliphatic carbocycles. The van der Waals surface area contributed by atoms with E-state index in [1.54, 1.807) is 11.0 Å². The van der Waals surface area contributed by atoms with Crippen LogP contribution in [-0.4, -0.2) is 35.7 Å². The van der Waals surface area contributed by atoms with Crippen LogP contribution in [-0.2, 0) is 16.1 Å². The highest BCUT2D eigenvalue weighted by atomic mass is 16.2. The molecule has 1 aromatic rings. The van der Waals surface area contributed by atoms with Gasteiger partial charge in [-0.15, -0.1) is 0 Å². The van der Waals surface area contributed by atoms with Gasteiger partial charge in [-0.25, -0.2) is 0 Å². The fraction of sp³-hybridized carbons (Fsp3) is 0.357. The zero-order valence-electron chi connectivity index (χ0n) is 11.1. The van der Waals surface area contributed by atoms with E-state index in [-0.39, 0.29) is 24.1 Å². The lowest BCUT2D eigenvalue weighted by atomic mass is 10.0. The number of benzene rings is 1. The molecule has 1 saturated heterocycles. The molecule has 104 valence electrons. The van der Waals surface area contributed by atoms with Gasteiger partial charge in [0.1, 0.15) is 6.04 Å². The minimum Gasteiger partial charge on any atom is -0.388 e. The molecule has 3 amide bonds. The van der Waals surface area contributed by atoms with Crippen LogP contribution in [0.4, 0.5) is 5.69 Å². The molecule has 0 unspecified atom stereocenters. The van der Waals surface area contributed by atoms with Crippen molar-refractivity contribution >= 4 is 23.4 Å². The van der Waals surface area contributed by atoms with Crippen molar-refractivity contribution in [3.8, 4) is 0 Å². The highest BCUT2D eigenvalue weighted by Gasteiger charge is 2.38. The molecule has 2 heterocycles. The largest absolute Gasteiger partial charge is 0.388 e. The van der Waals surface area contributed by atoms with Gasteiger partial charge < -0.3 is 10.2 Å². The number of carbonyl (C=O) groups is 3. The topological polar surface area (TPSA) is 78.5 Å². The zero-order valence-corrected chi connectivity index (χ0v) is 11.1. The smallest absolute Gasteiger partial charge is 0.255 e. The number of carbonyl (C=O) groups excluding carboxylic acids is 3. The molecule has 3 rings (SSSR count). The van der Waals surface area contributed by atoms with Gasteiger partial charge in [0, 0.05) is 31.3 Å². The summed E-state index contributed by atoms with van der Waals surface area (Å²) in [6, 6.07) is 4.98. The summed E-state index contributed by atoms with van der Waals surface area (Å²) >= 11 is 0. The van der Waals surface area contributed by atoms with Crippen LogP contribution in [0.5, 0.6) is 0 Å². The lowest BCUT2D eigenvalue weighted by Gasteiger charge is -2.29. The maximum Gasteiger partial charge on any atom is 0.255 e. The molecule has 0 radical (unpaired) electrons. The second-order valence-electron chi connectivity index (χ2n) is 5.02. The maximum absolute atomic E-state index is 12.4.